The molecule has 0 bridgehead atoms. The van der Waals surface area contributed by atoms with E-state index in [1.54, 1.807) is 24.3 Å². The summed E-state index contributed by atoms with van der Waals surface area (Å²) in [5.74, 6) is -0.342. The van der Waals surface area contributed by atoms with Gasteiger partial charge in [0, 0.05) is 25.6 Å². The van der Waals surface area contributed by atoms with E-state index in [0.29, 0.717) is 0 Å². The van der Waals surface area contributed by atoms with Gasteiger partial charge in [0.25, 0.3) is 5.91 Å². The van der Waals surface area contributed by atoms with Gasteiger partial charge in [-0.1, -0.05) is 13.0 Å². The number of aromatic hydroxyl groups is 1. The number of amides is 1. The molecule has 0 aliphatic heterocycles. The van der Waals surface area contributed by atoms with Crippen molar-refractivity contribution in [2.75, 3.05) is 7.05 Å². The molecule has 0 saturated carbocycles. The third-order valence-electron chi connectivity index (χ3n) is 3.27. The lowest BCUT2D eigenvalue weighted by molar-refractivity contribution is 0.0722. The van der Waals surface area contributed by atoms with Crippen LogP contribution < -0.4 is 0 Å². The lowest BCUT2D eigenvalue weighted by atomic mass is 10.0. The van der Waals surface area contributed by atoms with E-state index < -0.39 is 0 Å². The average molecular weight is 271 g/mol. The number of aromatic nitrogens is 2. The molecule has 5 nitrogen and oxygen atoms in total. The van der Waals surface area contributed by atoms with E-state index >= 15 is 0 Å². The highest BCUT2D eigenvalue weighted by Crippen LogP contribution is 2.25. The van der Waals surface area contributed by atoms with E-state index in [4.69, 9.17) is 0 Å². The second-order valence-electron chi connectivity index (χ2n) is 4.52. The third kappa shape index (κ3) is 2.77. The minimum Gasteiger partial charge on any atom is -0.505 e. The Morgan fingerprint density at radius 3 is 2.65 bits per heavy atom. The van der Waals surface area contributed by atoms with Crippen LogP contribution in [0.25, 0.3) is 0 Å². The normalized spacial score (nSPS) is 11.9. The van der Waals surface area contributed by atoms with Crippen LogP contribution in [-0.4, -0.2) is 32.9 Å². The van der Waals surface area contributed by atoms with Crippen LogP contribution in [0.4, 0.5) is 0 Å². The van der Waals surface area contributed by atoms with Crippen LogP contribution in [-0.2, 0) is 0 Å². The second-order valence-corrected chi connectivity index (χ2v) is 4.52. The van der Waals surface area contributed by atoms with Crippen molar-refractivity contribution in [2.24, 2.45) is 0 Å². The summed E-state index contributed by atoms with van der Waals surface area (Å²) in [5.41, 5.74) is 1.23. The van der Waals surface area contributed by atoms with Gasteiger partial charge in [-0.2, -0.15) is 0 Å². The fourth-order valence-electron chi connectivity index (χ4n) is 2.20. The van der Waals surface area contributed by atoms with E-state index in [9.17, 15) is 9.90 Å². The monoisotopic (exact) mass is 271 g/mol. The zero-order valence-corrected chi connectivity index (χ0v) is 11.5. The molecule has 1 N–H and O–H groups in total. The Labute approximate surface area is 117 Å². The summed E-state index contributed by atoms with van der Waals surface area (Å²) in [7, 11) is 1.73. The predicted molar refractivity (Wildman–Crippen MR) is 75.3 cm³/mol. The number of carbonyl (C=O) groups excluding carboxylic acids is 1. The van der Waals surface area contributed by atoms with E-state index in [1.807, 2.05) is 19.1 Å². The Hall–Kier alpha value is -2.43. The van der Waals surface area contributed by atoms with Gasteiger partial charge in [0.15, 0.2) is 0 Å². The van der Waals surface area contributed by atoms with Crippen molar-refractivity contribution in [1.82, 2.24) is 14.9 Å². The maximum atomic E-state index is 12.5. The van der Waals surface area contributed by atoms with Crippen molar-refractivity contribution in [2.45, 2.75) is 19.4 Å². The first-order valence-electron chi connectivity index (χ1n) is 6.45. The van der Waals surface area contributed by atoms with Crippen molar-refractivity contribution in [1.29, 1.82) is 0 Å². The largest absolute Gasteiger partial charge is 0.505 e. The number of hydrogen-bond acceptors (Lipinski definition) is 4. The fourth-order valence-corrected chi connectivity index (χ4v) is 2.20. The first-order valence-corrected chi connectivity index (χ1v) is 6.45. The Kier molecular flexibility index (Phi) is 4.30. The number of rotatable bonds is 4. The summed E-state index contributed by atoms with van der Waals surface area (Å²) in [6.45, 7) is 2.01. The summed E-state index contributed by atoms with van der Waals surface area (Å²) in [6.07, 6.45) is 6.98. The van der Waals surface area contributed by atoms with Gasteiger partial charge in [0.1, 0.15) is 5.75 Å². The molecule has 2 aromatic rings. The van der Waals surface area contributed by atoms with Crippen LogP contribution in [0.15, 0.2) is 43.0 Å². The van der Waals surface area contributed by atoms with E-state index in [2.05, 4.69) is 9.97 Å². The first kappa shape index (κ1) is 14.0. The molecule has 1 atom stereocenters. The molecule has 2 aromatic heterocycles. The Morgan fingerprint density at radius 1 is 1.30 bits per heavy atom. The summed E-state index contributed by atoms with van der Waals surface area (Å²) >= 11 is 0. The van der Waals surface area contributed by atoms with Crippen molar-refractivity contribution in [3.8, 4) is 5.75 Å². The highest BCUT2D eigenvalue weighted by Gasteiger charge is 2.23. The molecule has 104 valence electrons. The molecule has 1 amide bonds. The summed E-state index contributed by atoms with van der Waals surface area (Å²) in [6, 6.07) is 5.23. The van der Waals surface area contributed by atoms with E-state index in [0.717, 1.165) is 12.0 Å². The van der Waals surface area contributed by atoms with E-state index in [1.165, 1.54) is 18.5 Å². The lowest BCUT2D eigenvalue weighted by Crippen LogP contribution is -2.31. The maximum absolute atomic E-state index is 12.5. The number of nitrogens with zero attached hydrogens (tertiary/aromatic N) is 3. The molecular weight excluding hydrogens is 254 g/mol. The van der Waals surface area contributed by atoms with Crippen molar-refractivity contribution in [3.05, 3.63) is 54.1 Å². The Bertz CT molecular complexity index is 587. The SMILES string of the molecule is CCC(c1cccnc1)N(C)C(=O)c1ccncc1O. The number of hydrogen-bond donors (Lipinski definition) is 1. The molecule has 0 fully saturated rings. The number of carbonyl (C=O) groups is 1. The lowest BCUT2D eigenvalue weighted by Gasteiger charge is -2.27. The molecule has 0 spiro atoms. The molecule has 0 aliphatic rings. The topological polar surface area (TPSA) is 66.3 Å². The van der Waals surface area contributed by atoms with Gasteiger partial charge in [0.05, 0.1) is 17.8 Å². The van der Waals surface area contributed by atoms with Crippen LogP contribution in [0.3, 0.4) is 0 Å². The summed E-state index contributed by atoms with van der Waals surface area (Å²) < 4.78 is 0. The van der Waals surface area contributed by atoms with Gasteiger partial charge < -0.3 is 10.0 Å². The van der Waals surface area contributed by atoms with Crippen molar-refractivity contribution < 1.29 is 9.90 Å². The standard InChI is InChI=1S/C15H17N3O2/c1-3-13(11-5-4-7-16-9-11)18(2)15(20)12-6-8-17-10-14(12)19/h4-10,13,19H,3H2,1-2H3. The number of pyridine rings is 2. The molecule has 5 heteroatoms. The van der Waals surface area contributed by atoms with Gasteiger partial charge in [0.2, 0.25) is 0 Å². The average Bonchev–Trinajstić information content (AvgIpc) is 2.49. The molecule has 0 saturated heterocycles. The summed E-state index contributed by atoms with van der Waals surface area (Å²) in [4.78, 5) is 21.9. The molecular formula is C15H17N3O2. The van der Waals surface area contributed by atoms with Crippen LogP contribution in [0.5, 0.6) is 5.75 Å². The van der Waals surface area contributed by atoms with E-state index in [-0.39, 0.29) is 23.3 Å². The molecule has 0 radical (unpaired) electrons. The Morgan fingerprint density at radius 2 is 2.05 bits per heavy atom. The highest BCUT2D eigenvalue weighted by molar-refractivity contribution is 5.96. The van der Waals surface area contributed by atoms with Crippen LogP contribution >= 0.6 is 0 Å². The second kappa shape index (κ2) is 6.14. The fraction of sp³-hybridized carbons (Fsp3) is 0.267. The van der Waals surface area contributed by atoms with Crippen LogP contribution in [0.2, 0.25) is 0 Å². The molecule has 2 rings (SSSR count). The van der Waals surface area contributed by atoms with Gasteiger partial charge in [-0.3, -0.25) is 14.8 Å². The van der Waals surface area contributed by atoms with Crippen molar-refractivity contribution in [3.63, 3.8) is 0 Å². The maximum Gasteiger partial charge on any atom is 0.257 e. The predicted octanol–water partition coefficient (Wildman–Crippen LogP) is 2.41. The minimum absolute atomic E-state index is 0.0798. The minimum atomic E-state index is -0.236. The third-order valence-corrected chi connectivity index (χ3v) is 3.27. The van der Waals surface area contributed by atoms with Gasteiger partial charge in [-0.25, -0.2) is 0 Å². The zero-order valence-electron chi connectivity index (χ0n) is 11.5. The van der Waals surface area contributed by atoms with Crippen molar-refractivity contribution >= 4 is 5.91 Å². The highest BCUT2D eigenvalue weighted by atomic mass is 16.3. The van der Waals surface area contributed by atoms with Gasteiger partial charge >= 0.3 is 0 Å². The molecule has 0 aliphatic carbocycles. The van der Waals surface area contributed by atoms with Crippen LogP contribution in [0, 0.1) is 0 Å². The zero-order chi connectivity index (χ0) is 14.5. The molecule has 1 unspecified atom stereocenters. The smallest absolute Gasteiger partial charge is 0.257 e. The molecule has 0 aromatic carbocycles. The molecule has 2 heterocycles. The first-order chi connectivity index (χ1) is 9.65. The van der Waals surface area contributed by atoms with Crippen LogP contribution in [0.1, 0.15) is 35.3 Å². The quantitative estimate of drug-likeness (QED) is 0.927. The Balaban J connectivity index is 2.28. The molecule has 20 heavy (non-hydrogen) atoms. The van der Waals surface area contributed by atoms with Gasteiger partial charge in [-0.05, 0) is 24.1 Å². The summed E-state index contributed by atoms with van der Waals surface area (Å²) in [5, 5.41) is 9.73. The van der Waals surface area contributed by atoms with Gasteiger partial charge in [-0.15, -0.1) is 0 Å².